The van der Waals surface area contributed by atoms with Crippen molar-refractivity contribution in [2.75, 3.05) is 6.61 Å². The molecule has 0 unspecified atom stereocenters. The van der Waals surface area contributed by atoms with E-state index in [-0.39, 0.29) is 30.4 Å². The number of benzene rings is 1. The minimum absolute atomic E-state index is 0.0591. The number of ether oxygens (including phenoxy) is 3. The second kappa shape index (κ2) is 4.61. The number of esters is 1. The van der Waals surface area contributed by atoms with Crippen LogP contribution in [0.5, 0.6) is 0 Å². The first-order chi connectivity index (χ1) is 11.8. The van der Waals surface area contributed by atoms with E-state index in [0.29, 0.717) is 42.6 Å². The normalized spacial score (nSPS) is 48.6. The summed E-state index contributed by atoms with van der Waals surface area (Å²) in [7, 11) is 0. The van der Waals surface area contributed by atoms with Gasteiger partial charge in [0.25, 0.3) is 0 Å². The summed E-state index contributed by atoms with van der Waals surface area (Å²) in [6.45, 7) is 2.29. The first-order valence-corrected chi connectivity index (χ1v) is 9.33. The average Bonchev–Trinajstić information content (AvgIpc) is 3.22. The number of carbonyl (C=O) groups excluding carboxylic acids is 1. The fourth-order valence-corrected chi connectivity index (χ4v) is 6.82. The van der Waals surface area contributed by atoms with E-state index < -0.39 is 0 Å². The van der Waals surface area contributed by atoms with Crippen molar-refractivity contribution >= 4 is 5.97 Å². The zero-order valence-corrected chi connectivity index (χ0v) is 13.8. The van der Waals surface area contributed by atoms with E-state index in [0.717, 1.165) is 0 Å². The molecule has 2 aliphatic heterocycles. The van der Waals surface area contributed by atoms with E-state index in [9.17, 15) is 4.79 Å². The van der Waals surface area contributed by atoms with Gasteiger partial charge in [-0.3, -0.25) is 4.79 Å². The first-order valence-electron chi connectivity index (χ1n) is 9.33. The van der Waals surface area contributed by atoms with Crippen LogP contribution in [0.1, 0.15) is 43.1 Å². The molecule has 1 aromatic rings. The maximum Gasteiger partial charge on any atom is 0.308 e. The summed E-state index contributed by atoms with van der Waals surface area (Å²) in [6, 6.07) is 8.62. The molecule has 2 heterocycles. The van der Waals surface area contributed by atoms with Gasteiger partial charge >= 0.3 is 5.97 Å². The van der Waals surface area contributed by atoms with Crippen molar-refractivity contribution in [1.29, 1.82) is 0 Å². The Morgan fingerprint density at radius 3 is 2.54 bits per heavy atom. The molecule has 0 aromatic heterocycles. The quantitative estimate of drug-likeness (QED) is 0.801. The molecule has 4 nitrogen and oxygen atoms in total. The zero-order chi connectivity index (χ0) is 16.0. The van der Waals surface area contributed by atoms with Gasteiger partial charge in [0.15, 0.2) is 0 Å². The van der Waals surface area contributed by atoms with Gasteiger partial charge in [0.05, 0.1) is 37.4 Å². The predicted molar refractivity (Wildman–Crippen MR) is 85.0 cm³/mol. The Labute approximate surface area is 141 Å². The Balaban J connectivity index is 1.44. The maximum absolute atomic E-state index is 12.1. The van der Waals surface area contributed by atoms with E-state index in [4.69, 9.17) is 14.2 Å². The smallest absolute Gasteiger partial charge is 0.308 e. The third-order valence-corrected chi connectivity index (χ3v) is 7.31. The summed E-state index contributed by atoms with van der Waals surface area (Å²) in [6.07, 6.45) is 2.22. The molecular formula is C20H22O4. The minimum Gasteiger partial charge on any atom is -0.466 e. The highest BCUT2D eigenvalue weighted by Gasteiger charge is 2.72. The van der Waals surface area contributed by atoms with Crippen LogP contribution >= 0.6 is 0 Å². The molecule has 5 aliphatic rings. The van der Waals surface area contributed by atoms with E-state index in [1.54, 1.807) is 0 Å². The topological polar surface area (TPSA) is 44.8 Å². The fourth-order valence-electron chi connectivity index (χ4n) is 6.82. The number of carbonyl (C=O) groups is 1. The molecule has 9 atom stereocenters. The second-order valence-electron chi connectivity index (χ2n) is 8.05. The Morgan fingerprint density at radius 2 is 1.79 bits per heavy atom. The molecule has 4 heteroatoms. The lowest BCUT2D eigenvalue weighted by molar-refractivity contribution is -0.179. The Bertz CT molecular complexity index is 715. The fraction of sp³-hybridized carbons (Fsp3) is 0.650. The van der Waals surface area contributed by atoms with E-state index >= 15 is 0 Å². The molecule has 0 spiro atoms. The summed E-state index contributed by atoms with van der Waals surface area (Å²) >= 11 is 0. The van der Waals surface area contributed by atoms with Gasteiger partial charge in [-0.2, -0.15) is 0 Å². The molecule has 126 valence electrons. The van der Waals surface area contributed by atoms with Crippen LogP contribution in [0, 0.1) is 29.6 Å². The molecule has 0 radical (unpaired) electrons. The summed E-state index contributed by atoms with van der Waals surface area (Å²) in [5, 5.41) is 0. The van der Waals surface area contributed by atoms with Crippen LogP contribution in [0.15, 0.2) is 24.3 Å². The number of hydrogen-bond acceptors (Lipinski definition) is 4. The van der Waals surface area contributed by atoms with Gasteiger partial charge in [0, 0.05) is 11.8 Å². The maximum atomic E-state index is 12.1. The first kappa shape index (κ1) is 13.9. The van der Waals surface area contributed by atoms with Crippen LogP contribution in [0.4, 0.5) is 0 Å². The van der Waals surface area contributed by atoms with Crippen molar-refractivity contribution in [2.45, 2.75) is 44.2 Å². The molecule has 24 heavy (non-hydrogen) atoms. The summed E-state index contributed by atoms with van der Waals surface area (Å²) < 4.78 is 18.4. The zero-order valence-electron chi connectivity index (χ0n) is 13.8. The standard InChI is InChI=1S/C20H22O4/c1-2-22-14(21)8-13-15-11-7-12-17-16(11)18(23-13)9-5-3-4-6-10(9)19(17)24-20(12)15/h3-6,11-13,15-20H,2,7-8H2,1H3/t11-,12-,13-,15+,16+,17-,18-,19+,20+/m1/s1. The van der Waals surface area contributed by atoms with Gasteiger partial charge in [-0.15, -0.1) is 0 Å². The Hall–Kier alpha value is -1.39. The highest BCUT2D eigenvalue weighted by atomic mass is 16.5. The molecule has 3 aliphatic carbocycles. The molecule has 6 rings (SSSR count). The van der Waals surface area contributed by atoms with Gasteiger partial charge in [-0.1, -0.05) is 24.3 Å². The molecule has 0 N–H and O–H groups in total. The lowest BCUT2D eigenvalue weighted by Crippen LogP contribution is -2.50. The lowest BCUT2D eigenvalue weighted by atomic mass is 9.61. The molecule has 2 bridgehead atoms. The van der Waals surface area contributed by atoms with E-state index in [2.05, 4.69) is 24.3 Å². The Morgan fingerprint density at radius 1 is 1.08 bits per heavy atom. The largest absolute Gasteiger partial charge is 0.466 e. The van der Waals surface area contributed by atoms with Gasteiger partial charge in [-0.05, 0) is 42.2 Å². The van der Waals surface area contributed by atoms with E-state index in [1.165, 1.54) is 17.5 Å². The van der Waals surface area contributed by atoms with Crippen molar-refractivity contribution in [3.05, 3.63) is 35.4 Å². The summed E-state index contributed by atoms with van der Waals surface area (Å²) in [4.78, 5) is 12.1. The molecule has 0 amide bonds. The van der Waals surface area contributed by atoms with Crippen LogP contribution in [0.2, 0.25) is 0 Å². The van der Waals surface area contributed by atoms with Gasteiger partial charge in [0.2, 0.25) is 0 Å². The highest BCUT2D eigenvalue weighted by Crippen LogP contribution is 2.73. The highest BCUT2D eigenvalue weighted by molar-refractivity contribution is 5.70. The molecule has 4 fully saturated rings. The van der Waals surface area contributed by atoms with Crippen LogP contribution in [-0.4, -0.2) is 24.8 Å². The van der Waals surface area contributed by atoms with E-state index in [1.807, 2.05) is 6.92 Å². The van der Waals surface area contributed by atoms with Gasteiger partial charge in [-0.25, -0.2) is 0 Å². The third-order valence-electron chi connectivity index (χ3n) is 7.31. The lowest BCUT2D eigenvalue weighted by Gasteiger charge is -2.50. The summed E-state index contributed by atoms with van der Waals surface area (Å²) in [5.41, 5.74) is 2.62. The van der Waals surface area contributed by atoms with Crippen LogP contribution in [0.25, 0.3) is 0 Å². The van der Waals surface area contributed by atoms with Crippen LogP contribution in [-0.2, 0) is 19.0 Å². The van der Waals surface area contributed by atoms with Crippen LogP contribution < -0.4 is 0 Å². The van der Waals surface area contributed by atoms with Gasteiger partial charge in [0.1, 0.15) is 0 Å². The van der Waals surface area contributed by atoms with Crippen molar-refractivity contribution in [3.8, 4) is 0 Å². The second-order valence-corrected chi connectivity index (χ2v) is 8.05. The molecule has 1 aromatic carbocycles. The number of hydrogen-bond donors (Lipinski definition) is 0. The van der Waals surface area contributed by atoms with Crippen molar-refractivity contribution in [2.24, 2.45) is 29.6 Å². The van der Waals surface area contributed by atoms with Crippen LogP contribution in [0.3, 0.4) is 0 Å². The monoisotopic (exact) mass is 326 g/mol. The molecule has 2 saturated heterocycles. The third kappa shape index (κ3) is 1.50. The number of rotatable bonds is 3. The van der Waals surface area contributed by atoms with Crippen molar-refractivity contribution < 1.29 is 19.0 Å². The molecular weight excluding hydrogens is 304 g/mol. The van der Waals surface area contributed by atoms with Crippen molar-refractivity contribution in [3.63, 3.8) is 0 Å². The molecule has 2 saturated carbocycles. The Kier molecular flexibility index (Phi) is 2.66. The van der Waals surface area contributed by atoms with Crippen molar-refractivity contribution in [1.82, 2.24) is 0 Å². The summed E-state index contributed by atoms with van der Waals surface area (Å²) in [5.74, 6) is 2.76. The minimum atomic E-state index is -0.138. The number of fused-ring (bicyclic) bond motifs is 4. The SMILES string of the molecule is CCOC(=O)C[C@H]1O[C@@H]2c3ccccc3[C@@H]3O[C@H]4[C@@H]5C[C@H]([C@H]41)[C@H]2[C@@H]53. The average molecular weight is 326 g/mol. The predicted octanol–water partition coefficient (Wildman–Crippen LogP) is 3.03. The van der Waals surface area contributed by atoms with Gasteiger partial charge < -0.3 is 14.2 Å².